The van der Waals surface area contributed by atoms with Crippen LogP contribution in [-0.2, 0) is 0 Å². The topological polar surface area (TPSA) is 43.7 Å². The maximum absolute atomic E-state index is 9.44. The van der Waals surface area contributed by atoms with Gasteiger partial charge in [-0.05, 0) is 19.3 Å². The van der Waals surface area contributed by atoms with Crippen molar-refractivity contribution >= 4 is 0 Å². The van der Waals surface area contributed by atoms with Gasteiger partial charge in [-0.3, -0.25) is 0 Å². The number of β-amino-alcohol motifs (C(OH)–C–C–N with tert-alkyl or cyclic N) is 1. The van der Waals surface area contributed by atoms with E-state index in [0.29, 0.717) is 5.92 Å². The minimum Gasteiger partial charge on any atom is -0.393 e. The van der Waals surface area contributed by atoms with Gasteiger partial charge in [0, 0.05) is 19.6 Å². The van der Waals surface area contributed by atoms with Crippen LogP contribution in [0.25, 0.3) is 0 Å². The van der Waals surface area contributed by atoms with E-state index in [1.807, 2.05) is 0 Å². The highest BCUT2D eigenvalue weighted by Crippen LogP contribution is 2.16. The Morgan fingerprint density at radius 3 is 2.75 bits per heavy atom. The van der Waals surface area contributed by atoms with Gasteiger partial charge in [-0.15, -0.1) is 0 Å². The van der Waals surface area contributed by atoms with E-state index >= 15 is 0 Å². The fraction of sp³-hybridized carbons (Fsp3) is 1.00. The lowest BCUT2D eigenvalue weighted by Gasteiger charge is -2.34. The second-order valence-corrected chi connectivity index (χ2v) is 3.94. The summed E-state index contributed by atoms with van der Waals surface area (Å²) in [5.74, 6) is 0.345. The van der Waals surface area contributed by atoms with Crippen molar-refractivity contribution in [2.75, 3.05) is 19.6 Å². The summed E-state index contributed by atoms with van der Waals surface area (Å²) in [6.07, 6.45) is 0.441. The Bertz CT molecular complexity index is 138. The lowest BCUT2D eigenvalue weighted by Crippen LogP contribution is -2.44. The Balaban J connectivity index is 2.30. The third-order valence-corrected chi connectivity index (χ3v) is 2.47. The molecule has 0 aromatic rings. The Hall–Kier alpha value is -0.120. The molecule has 1 aliphatic rings. The third-order valence-electron chi connectivity index (χ3n) is 2.47. The van der Waals surface area contributed by atoms with Gasteiger partial charge in [0.1, 0.15) is 0 Å². The number of hydrogen-bond acceptors (Lipinski definition) is 3. The van der Waals surface area contributed by atoms with Crippen molar-refractivity contribution in [2.45, 2.75) is 32.5 Å². The first kappa shape index (κ1) is 9.96. The summed E-state index contributed by atoms with van der Waals surface area (Å²) in [5, 5.41) is 18.6. The molecule has 0 saturated carbocycles. The summed E-state index contributed by atoms with van der Waals surface area (Å²) in [5.41, 5.74) is 0. The number of aliphatic hydroxyl groups excluding tert-OH is 2. The number of nitrogens with zero attached hydrogens (tertiary/aromatic N) is 1. The summed E-state index contributed by atoms with van der Waals surface area (Å²) in [4.78, 5) is 2.21. The van der Waals surface area contributed by atoms with Gasteiger partial charge in [0.05, 0.1) is 12.2 Å². The van der Waals surface area contributed by atoms with Crippen molar-refractivity contribution in [2.24, 2.45) is 5.92 Å². The van der Waals surface area contributed by atoms with E-state index in [9.17, 15) is 5.11 Å². The molecule has 1 aliphatic heterocycles. The monoisotopic (exact) mass is 173 g/mol. The van der Waals surface area contributed by atoms with Crippen LogP contribution in [0.4, 0.5) is 0 Å². The predicted octanol–water partition coefficient (Wildman–Crippen LogP) is 0.0699. The highest BCUT2D eigenvalue weighted by Gasteiger charge is 2.24. The molecule has 2 N–H and O–H groups in total. The van der Waals surface area contributed by atoms with E-state index in [-0.39, 0.29) is 12.2 Å². The van der Waals surface area contributed by atoms with E-state index in [0.717, 1.165) is 26.1 Å². The number of likely N-dealkylation sites (tertiary alicyclic amines) is 1. The van der Waals surface area contributed by atoms with E-state index in [1.165, 1.54) is 0 Å². The lowest BCUT2D eigenvalue weighted by molar-refractivity contribution is 0.0180. The second kappa shape index (κ2) is 4.21. The van der Waals surface area contributed by atoms with Crippen molar-refractivity contribution in [3.8, 4) is 0 Å². The molecule has 3 atom stereocenters. The van der Waals surface area contributed by atoms with Gasteiger partial charge < -0.3 is 15.1 Å². The molecule has 0 spiro atoms. The standard InChI is InChI=1S/C9H19NO2/c1-7-5-10(6-8(2)11)4-3-9(7)12/h7-9,11-12H,3-6H2,1-2H3/t7?,8-,9?/m1/s1. The summed E-state index contributed by atoms with van der Waals surface area (Å²) in [7, 11) is 0. The molecule has 3 nitrogen and oxygen atoms in total. The highest BCUT2D eigenvalue weighted by molar-refractivity contribution is 4.77. The van der Waals surface area contributed by atoms with Crippen LogP contribution in [0.1, 0.15) is 20.3 Å². The number of rotatable bonds is 2. The molecule has 3 heteroatoms. The summed E-state index contributed by atoms with van der Waals surface area (Å²) >= 11 is 0. The average Bonchev–Trinajstić information content (AvgIpc) is 1.96. The van der Waals surface area contributed by atoms with Gasteiger partial charge in [0.15, 0.2) is 0 Å². The molecule has 12 heavy (non-hydrogen) atoms. The highest BCUT2D eigenvalue weighted by atomic mass is 16.3. The first-order valence-electron chi connectivity index (χ1n) is 4.68. The van der Waals surface area contributed by atoms with Crippen LogP contribution in [0.3, 0.4) is 0 Å². The molecule has 0 bridgehead atoms. The Labute approximate surface area is 74.0 Å². The van der Waals surface area contributed by atoms with Crippen LogP contribution >= 0.6 is 0 Å². The number of piperidine rings is 1. The molecule has 0 aliphatic carbocycles. The SMILES string of the molecule is CC1CN(C[C@@H](C)O)CCC1O. The largest absolute Gasteiger partial charge is 0.393 e. The zero-order valence-corrected chi connectivity index (χ0v) is 7.90. The van der Waals surface area contributed by atoms with Crippen LogP contribution in [0.2, 0.25) is 0 Å². The third kappa shape index (κ3) is 2.73. The molecular formula is C9H19NO2. The van der Waals surface area contributed by atoms with Gasteiger partial charge in [0.2, 0.25) is 0 Å². The van der Waals surface area contributed by atoms with Crippen LogP contribution in [0, 0.1) is 5.92 Å². The van der Waals surface area contributed by atoms with E-state index in [2.05, 4.69) is 11.8 Å². The smallest absolute Gasteiger partial charge is 0.0639 e. The van der Waals surface area contributed by atoms with Gasteiger partial charge in [-0.25, -0.2) is 0 Å². The summed E-state index contributed by atoms with van der Waals surface area (Å²) < 4.78 is 0. The molecular weight excluding hydrogens is 154 g/mol. The molecule has 1 heterocycles. The van der Waals surface area contributed by atoms with Gasteiger partial charge in [-0.2, -0.15) is 0 Å². The van der Waals surface area contributed by atoms with E-state index in [4.69, 9.17) is 5.11 Å². The predicted molar refractivity (Wildman–Crippen MR) is 47.9 cm³/mol. The van der Waals surface area contributed by atoms with Crippen LogP contribution < -0.4 is 0 Å². The summed E-state index contributed by atoms with van der Waals surface area (Å²) in [6.45, 7) is 6.41. The molecule has 1 fully saturated rings. The quantitative estimate of drug-likeness (QED) is 0.621. The first-order chi connectivity index (χ1) is 5.59. The maximum atomic E-state index is 9.44. The first-order valence-corrected chi connectivity index (χ1v) is 4.68. The van der Waals surface area contributed by atoms with Crippen molar-refractivity contribution in [3.63, 3.8) is 0 Å². The fourth-order valence-corrected chi connectivity index (χ4v) is 1.76. The van der Waals surface area contributed by atoms with Crippen molar-refractivity contribution in [1.82, 2.24) is 4.90 Å². The van der Waals surface area contributed by atoms with E-state index in [1.54, 1.807) is 6.92 Å². The van der Waals surface area contributed by atoms with Gasteiger partial charge >= 0.3 is 0 Å². The number of aliphatic hydroxyl groups is 2. The van der Waals surface area contributed by atoms with Crippen molar-refractivity contribution < 1.29 is 10.2 Å². The van der Waals surface area contributed by atoms with E-state index < -0.39 is 0 Å². The average molecular weight is 173 g/mol. The minimum absolute atomic E-state index is 0.143. The molecule has 72 valence electrons. The molecule has 0 amide bonds. The number of hydrogen-bond donors (Lipinski definition) is 2. The zero-order valence-electron chi connectivity index (χ0n) is 7.90. The molecule has 1 rings (SSSR count). The maximum Gasteiger partial charge on any atom is 0.0639 e. The van der Waals surface area contributed by atoms with Gasteiger partial charge in [-0.1, -0.05) is 6.92 Å². The molecule has 2 unspecified atom stereocenters. The molecule has 0 radical (unpaired) electrons. The Morgan fingerprint density at radius 1 is 1.58 bits per heavy atom. The van der Waals surface area contributed by atoms with Crippen LogP contribution in [-0.4, -0.2) is 47.0 Å². The zero-order chi connectivity index (χ0) is 9.14. The normalized spacial score (nSPS) is 35.0. The second-order valence-electron chi connectivity index (χ2n) is 3.94. The molecule has 0 aromatic carbocycles. The van der Waals surface area contributed by atoms with Crippen LogP contribution in [0.15, 0.2) is 0 Å². The Kier molecular flexibility index (Phi) is 3.50. The van der Waals surface area contributed by atoms with Crippen molar-refractivity contribution in [1.29, 1.82) is 0 Å². The Morgan fingerprint density at radius 2 is 2.25 bits per heavy atom. The minimum atomic E-state index is -0.257. The van der Waals surface area contributed by atoms with Crippen molar-refractivity contribution in [3.05, 3.63) is 0 Å². The molecule has 0 aromatic heterocycles. The lowest BCUT2D eigenvalue weighted by atomic mass is 9.97. The fourth-order valence-electron chi connectivity index (χ4n) is 1.76. The summed E-state index contributed by atoms with van der Waals surface area (Å²) in [6, 6.07) is 0. The molecule has 1 saturated heterocycles. The van der Waals surface area contributed by atoms with Crippen LogP contribution in [0.5, 0.6) is 0 Å². The van der Waals surface area contributed by atoms with Gasteiger partial charge in [0.25, 0.3) is 0 Å².